The Morgan fingerprint density at radius 3 is 2.56 bits per heavy atom. The van der Waals surface area contributed by atoms with Gasteiger partial charge >= 0.3 is 17.7 Å². The van der Waals surface area contributed by atoms with Crippen LogP contribution in [0.4, 0.5) is 9.93 Å². The summed E-state index contributed by atoms with van der Waals surface area (Å²) in [5, 5.41) is 11.3. The van der Waals surface area contributed by atoms with Gasteiger partial charge < -0.3 is 46.5 Å². The maximum absolute atomic E-state index is 14.1. The van der Waals surface area contributed by atoms with Crippen LogP contribution in [0.3, 0.4) is 0 Å². The van der Waals surface area contributed by atoms with Gasteiger partial charge in [0.05, 0.1) is 13.3 Å². The van der Waals surface area contributed by atoms with Gasteiger partial charge in [0.2, 0.25) is 29.7 Å². The van der Waals surface area contributed by atoms with Crippen LogP contribution in [0.25, 0.3) is 11.2 Å². The minimum atomic E-state index is -1.04. The Hall–Kier alpha value is -6.82. The summed E-state index contributed by atoms with van der Waals surface area (Å²) in [7, 11) is 1.54. The van der Waals surface area contributed by atoms with E-state index in [-0.39, 0.29) is 73.3 Å². The fourth-order valence-corrected chi connectivity index (χ4v) is 8.38. The number of β-lactam (4-membered cyclic amide) rings is 1. The smallest absolute Gasteiger partial charge is 0.408 e. The maximum Gasteiger partial charge on any atom is 0.408 e. The Morgan fingerprint density at radius 2 is 1.89 bits per heavy atom. The number of nitrogen functional groups attached to an aromatic ring is 1. The van der Waals surface area contributed by atoms with Crippen molar-refractivity contribution >= 4 is 81.0 Å². The van der Waals surface area contributed by atoms with Gasteiger partial charge in [-0.1, -0.05) is 17.3 Å². The van der Waals surface area contributed by atoms with Crippen molar-refractivity contribution in [2.45, 2.75) is 83.3 Å². The number of primary amides is 1. The molecule has 340 valence electrons. The number of aromatic nitrogens is 5. The Kier molecular flexibility index (Phi) is 15.0. The van der Waals surface area contributed by atoms with Crippen LogP contribution in [0.1, 0.15) is 51.9 Å². The van der Waals surface area contributed by atoms with Crippen LogP contribution in [-0.2, 0) is 58.0 Å². The van der Waals surface area contributed by atoms with E-state index in [2.05, 4.69) is 35.4 Å². The first-order chi connectivity index (χ1) is 30.6. The standard InChI is InChI=1S/C40H48N12O10S2/c1-6-61-48-28(32-47-38(42)64-49-32)34(55)46-29-35(56)52-30(37(57)60-19-22-11-13-24(59-5)14-12-22)23(20-63-36(29)52)17-50-16-8-10-26-33(50)44-21-51(26)18-27(53)43-15-7-9-25(31(41)54)45-39(58)62-40(2,3)4/h8,10-14,16,21,25,29,36H,6-7,9,15,17-20H2,1-5H3,(H6-,41,42,43,45,46,47,49,53,54,55,58)/p+1/b48-28-. The van der Waals surface area contributed by atoms with E-state index in [0.717, 1.165) is 11.5 Å². The molecule has 22 nitrogen and oxygen atoms in total. The third-order valence-corrected chi connectivity index (χ3v) is 11.4. The fourth-order valence-electron chi connectivity index (χ4n) is 6.61. The number of methoxy groups -OCH3 is 1. The summed E-state index contributed by atoms with van der Waals surface area (Å²) in [5.74, 6) is -2.27. The lowest BCUT2D eigenvalue weighted by Gasteiger charge is -2.49. The van der Waals surface area contributed by atoms with E-state index in [1.54, 1.807) is 86.5 Å². The van der Waals surface area contributed by atoms with E-state index in [1.165, 1.54) is 23.0 Å². The maximum atomic E-state index is 14.1. The molecule has 3 unspecified atom stereocenters. The largest absolute Gasteiger partial charge is 0.497 e. The first kappa shape index (κ1) is 46.7. The number of hydrogen-bond acceptors (Lipinski definition) is 17. The minimum Gasteiger partial charge on any atom is -0.497 e. The molecule has 4 aromatic rings. The summed E-state index contributed by atoms with van der Waals surface area (Å²) in [6, 6.07) is 8.53. The van der Waals surface area contributed by atoms with E-state index < -0.39 is 52.8 Å². The number of rotatable bonds is 19. The van der Waals surface area contributed by atoms with Crippen LogP contribution >= 0.6 is 23.3 Å². The predicted molar refractivity (Wildman–Crippen MR) is 232 cm³/mol. The molecule has 1 fully saturated rings. The van der Waals surface area contributed by atoms with Crippen LogP contribution in [0.15, 0.2) is 65.3 Å². The molecule has 0 bridgehead atoms. The Labute approximate surface area is 375 Å². The van der Waals surface area contributed by atoms with Crippen molar-refractivity contribution in [1.29, 1.82) is 0 Å². The van der Waals surface area contributed by atoms with Crippen molar-refractivity contribution in [3.8, 4) is 5.75 Å². The van der Waals surface area contributed by atoms with Gasteiger partial charge in [-0.2, -0.15) is 9.36 Å². The molecule has 24 heteroatoms. The van der Waals surface area contributed by atoms with E-state index in [1.807, 2.05) is 0 Å². The number of oxime groups is 1. The van der Waals surface area contributed by atoms with Crippen molar-refractivity contribution in [1.82, 2.24) is 39.8 Å². The molecular weight excluding hydrogens is 873 g/mol. The lowest BCUT2D eigenvalue weighted by molar-refractivity contribution is -0.664. The van der Waals surface area contributed by atoms with Gasteiger partial charge in [0.1, 0.15) is 66.3 Å². The quantitative estimate of drug-likeness (QED) is 0.0218. The fraction of sp³-hybridized carbons (Fsp3) is 0.425. The summed E-state index contributed by atoms with van der Waals surface area (Å²) in [4.78, 5) is 93.7. The zero-order valence-electron chi connectivity index (χ0n) is 35.7. The number of esters is 1. The number of imidazole rings is 1. The van der Waals surface area contributed by atoms with Gasteiger partial charge in [0.25, 0.3) is 11.8 Å². The number of nitrogens with two attached hydrogens (primary N) is 2. The van der Waals surface area contributed by atoms with Gasteiger partial charge in [0.15, 0.2) is 5.13 Å². The van der Waals surface area contributed by atoms with E-state index in [9.17, 15) is 28.8 Å². The van der Waals surface area contributed by atoms with Gasteiger partial charge in [-0.3, -0.25) is 28.6 Å². The number of carbonyl (C=O) groups excluding carboxylic acids is 6. The van der Waals surface area contributed by atoms with Gasteiger partial charge in [0, 0.05) is 29.4 Å². The minimum absolute atomic E-state index is 0.0353. The second-order valence-electron chi connectivity index (χ2n) is 15.4. The number of ether oxygens (including phenoxy) is 3. The highest BCUT2D eigenvalue weighted by molar-refractivity contribution is 8.00. The molecule has 1 saturated heterocycles. The highest BCUT2D eigenvalue weighted by Crippen LogP contribution is 2.41. The van der Waals surface area contributed by atoms with Crippen molar-refractivity contribution in [2.24, 2.45) is 10.9 Å². The molecule has 0 radical (unpaired) electrons. The number of alkyl carbamates (subject to hydrolysis) is 1. The molecule has 7 N–H and O–H groups in total. The van der Waals surface area contributed by atoms with Crippen LogP contribution in [0, 0.1) is 0 Å². The summed E-state index contributed by atoms with van der Waals surface area (Å²) in [6.07, 6.45) is 3.03. The van der Waals surface area contributed by atoms with Crippen LogP contribution < -0.4 is 36.7 Å². The average molecular weight is 922 g/mol. The third kappa shape index (κ3) is 11.4. The van der Waals surface area contributed by atoms with Crippen molar-refractivity contribution in [2.75, 3.05) is 31.7 Å². The van der Waals surface area contributed by atoms with Crippen molar-refractivity contribution in [3.05, 3.63) is 71.6 Å². The molecule has 0 spiro atoms. The van der Waals surface area contributed by atoms with Crippen LogP contribution in [0.2, 0.25) is 0 Å². The zero-order valence-corrected chi connectivity index (χ0v) is 37.3. The van der Waals surface area contributed by atoms with Gasteiger partial charge in [-0.25, -0.2) is 14.2 Å². The number of carbonyl (C=O) groups is 6. The molecule has 6 rings (SSSR count). The molecule has 0 aliphatic carbocycles. The Morgan fingerprint density at radius 1 is 1.12 bits per heavy atom. The zero-order chi connectivity index (χ0) is 46.1. The molecule has 2 aliphatic rings. The second kappa shape index (κ2) is 20.6. The average Bonchev–Trinajstić information content (AvgIpc) is 3.88. The molecule has 1 aromatic carbocycles. The number of pyridine rings is 1. The lowest BCUT2D eigenvalue weighted by Crippen LogP contribution is -2.71. The lowest BCUT2D eigenvalue weighted by atomic mass is 10.0. The van der Waals surface area contributed by atoms with Crippen molar-refractivity contribution in [3.63, 3.8) is 0 Å². The molecule has 3 atom stereocenters. The number of nitrogens with one attached hydrogen (secondary N) is 3. The molecule has 2 aliphatic heterocycles. The number of hydrogen-bond donors (Lipinski definition) is 5. The van der Waals surface area contributed by atoms with Crippen LogP contribution in [0.5, 0.6) is 5.75 Å². The molecule has 64 heavy (non-hydrogen) atoms. The molecule has 5 heterocycles. The summed E-state index contributed by atoms with van der Waals surface area (Å²) in [5.41, 5.74) is 12.6. The first-order valence-electron chi connectivity index (χ1n) is 20.0. The molecular formula is C40H49N12O10S2+. The Bertz CT molecular complexity index is 2460. The van der Waals surface area contributed by atoms with E-state index >= 15 is 0 Å². The normalized spacial score (nSPS) is 16.6. The number of anilines is 1. The molecule has 0 saturated carbocycles. The molecule has 3 aromatic heterocycles. The summed E-state index contributed by atoms with van der Waals surface area (Å²) >= 11 is 2.21. The Balaban J connectivity index is 1.16. The first-order valence-corrected chi connectivity index (χ1v) is 21.8. The molecule has 5 amide bonds. The van der Waals surface area contributed by atoms with Crippen molar-refractivity contribution < 1.29 is 52.4 Å². The number of nitrogens with zero attached hydrogens (tertiary/aromatic N) is 7. The second-order valence-corrected chi connectivity index (χ2v) is 17.3. The summed E-state index contributed by atoms with van der Waals surface area (Å²) in [6.45, 7) is 7.07. The number of amides is 5. The van der Waals surface area contributed by atoms with Gasteiger partial charge in [-0.05, 0) is 75.3 Å². The number of thioether (sulfide) groups is 1. The van der Waals surface area contributed by atoms with Crippen LogP contribution in [-0.4, -0.2) is 114 Å². The topological polar surface area (TPSA) is 291 Å². The summed E-state index contributed by atoms with van der Waals surface area (Å²) < 4.78 is 23.8. The number of fused-ring (bicyclic) bond motifs is 2. The third-order valence-electron chi connectivity index (χ3n) is 9.56. The van der Waals surface area contributed by atoms with E-state index in [4.69, 9.17) is 30.5 Å². The SMILES string of the molecule is CCO/N=C(\C(=O)NC1C(=O)N2C(C(=O)OCc3ccc(OC)cc3)=C(C[n+]3cccc4c3ncn4CC(=O)NCCCC(NC(=O)OC(C)(C)C)C(N)=O)CSC12)c1nsc(N)n1. The monoisotopic (exact) mass is 921 g/mol. The van der Waals surface area contributed by atoms with E-state index in [0.29, 0.717) is 34.5 Å². The van der Waals surface area contributed by atoms with Gasteiger partial charge in [-0.15, -0.1) is 11.8 Å². The number of benzene rings is 1. The highest BCUT2D eigenvalue weighted by Gasteiger charge is 2.55. The highest BCUT2D eigenvalue weighted by atomic mass is 32.2. The predicted octanol–water partition coefficient (Wildman–Crippen LogP) is 0.879.